The van der Waals surface area contributed by atoms with Crippen LogP contribution in [0.1, 0.15) is 55.4 Å². The number of rotatable bonds is 4. The summed E-state index contributed by atoms with van der Waals surface area (Å²) in [5.74, 6) is 0. The second-order valence-corrected chi connectivity index (χ2v) is 8.96. The first-order valence-electron chi connectivity index (χ1n) is 6.20. The summed E-state index contributed by atoms with van der Waals surface area (Å²) in [4.78, 5) is 0. The van der Waals surface area contributed by atoms with Gasteiger partial charge in [0.25, 0.3) is 0 Å². The van der Waals surface area contributed by atoms with Crippen molar-refractivity contribution in [1.29, 1.82) is 0 Å². The molecule has 0 amide bonds. The second-order valence-electron chi connectivity index (χ2n) is 7.00. The van der Waals surface area contributed by atoms with Gasteiger partial charge in [0.2, 0.25) is 0 Å². The summed E-state index contributed by atoms with van der Waals surface area (Å²) in [6, 6.07) is 0. The van der Waals surface area contributed by atoms with E-state index < -0.39 is 7.60 Å². The Labute approximate surface area is 107 Å². The molecule has 0 saturated carbocycles. The molecule has 0 aliphatic heterocycles. The van der Waals surface area contributed by atoms with E-state index in [0.29, 0.717) is 0 Å². The molecule has 3 nitrogen and oxygen atoms in total. The maximum atomic E-state index is 12.3. The Balaban J connectivity index is 4.56. The van der Waals surface area contributed by atoms with Crippen LogP contribution in [0, 0.1) is 10.8 Å². The maximum Gasteiger partial charge on any atom is 0.328 e. The molecular weight excluding hydrogens is 235 g/mol. The third-order valence-electron chi connectivity index (χ3n) is 3.14. The predicted molar refractivity (Wildman–Crippen MR) is 73.5 cm³/mol. The van der Waals surface area contributed by atoms with Crippen LogP contribution >= 0.6 is 7.60 Å². The molecule has 0 aromatic rings. The van der Waals surface area contributed by atoms with Crippen LogP contribution in [0.2, 0.25) is 0 Å². The summed E-state index contributed by atoms with van der Waals surface area (Å²) >= 11 is 0. The van der Waals surface area contributed by atoms with Crippen LogP contribution in [0.4, 0.5) is 0 Å². The Hall–Kier alpha value is 0.150. The molecule has 0 spiro atoms. The van der Waals surface area contributed by atoms with Gasteiger partial charge in [0.1, 0.15) is 0 Å². The van der Waals surface area contributed by atoms with E-state index in [0.717, 1.165) is 0 Å². The van der Waals surface area contributed by atoms with Gasteiger partial charge in [0.05, 0.1) is 12.2 Å². The van der Waals surface area contributed by atoms with Crippen LogP contribution in [-0.2, 0) is 13.6 Å². The van der Waals surface area contributed by atoms with E-state index in [1.54, 1.807) is 6.66 Å². The Morgan fingerprint density at radius 3 is 1.24 bits per heavy atom. The molecule has 0 bridgehead atoms. The first kappa shape index (κ1) is 17.2. The minimum Gasteiger partial charge on any atom is -0.305 e. The second kappa shape index (κ2) is 5.42. The lowest BCUT2D eigenvalue weighted by molar-refractivity contribution is 0.0408. The molecule has 0 aliphatic carbocycles. The maximum absolute atomic E-state index is 12.3. The Morgan fingerprint density at radius 2 is 1.06 bits per heavy atom. The molecule has 2 atom stereocenters. The highest BCUT2D eigenvalue weighted by molar-refractivity contribution is 7.53. The van der Waals surface area contributed by atoms with E-state index in [1.165, 1.54) is 0 Å². The zero-order valence-electron chi connectivity index (χ0n) is 12.8. The Morgan fingerprint density at radius 1 is 0.824 bits per heavy atom. The lowest BCUT2D eigenvalue weighted by atomic mass is 9.91. The van der Waals surface area contributed by atoms with E-state index >= 15 is 0 Å². The Kier molecular flexibility index (Phi) is 5.47. The average Bonchev–Trinajstić information content (AvgIpc) is 1.97. The van der Waals surface area contributed by atoms with Gasteiger partial charge in [-0.15, -0.1) is 0 Å². The number of hydrogen-bond acceptors (Lipinski definition) is 3. The van der Waals surface area contributed by atoms with Gasteiger partial charge in [0, 0.05) is 6.66 Å². The Bertz CT molecular complexity index is 260. The molecule has 0 heterocycles. The fourth-order valence-electron chi connectivity index (χ4n) is 0.915. The van der Waals surface area contributed by atoms with Crippen molar-refractivity contribution in [3.8, 4) is 0 Å². The van der Waals surface area contributed by atoms with Crippen LogP contribution in [0.3, 0.4) is 0 Å². The van der Waals surface area contributed by atoms with Crippen LogP contribution in [0.15, 0.2) is 0 Å². The predicted octanol–water partition coefficient (Wildman–Crippen LogP) is 4.71. The topological polar surface area (TPSA) is 35.5 Å². The lowest BCUT2D eigenvalue weighted by Crippen LogP contribution is -2.28. The van der Waals surface area contributed by atoms with Crippen LogP contribution in [0.25, 0.3) is 0 Å². The molecule has 2 unspecified atom stereocenters. The highest BCUT2D eigenvalue weighted by Crippen LogP contribution is 2.50. The van der Waals surface area contributed by atoms with Gasteiger partial charge in [-0.25, -0.2) is 0 Å². The largest absolute Gasteiger partial charge is 0.328 e. The third-order valence-corrected chi connectivity index (χ3v) is 4.54. The van der Waals surface area contributed by atoms with Crippen LogP contribution in [0.5, 0.6) is 0 Å². The van der Waals surface area contributed by atoms with Crippen molar-refractivity contribution in [2.24, 2.45) is 10.8 Å². The third kappa shape index (κ3) is 6.59. The van der Waals surface area contributed by atoms with Crippen LogP contribution < -0.4 is 0 Å². The monoisotopic (exact) mass is 264 g/mol. The van der Waals surface area contributed by atoms with Gasteiger partial charge < -0.3 is 9.05 Å². The summed E-state index contributed by atoms with van der Waals surface area (Å²) in [6.45, 7) is 17.8. The molecule has 0 rings (SSSR count). The van der Waals surface area contributed by atoms with E-state index in [1.807, 2.05) is 13.8 Å². The summed E-state index contributed by atoms with van der Waals surface area (Å²) in [5.41, 5.74) is -0.0833. The minimum absolute atomic E-state index is 0.0417. The normalized spacial score (nSPS) is 20.8. The summed E-state index contributed by atoms with van der Waals surface area (Å²) < 4.78 is 23.5. The van der Waals surface area contributed by atoms with E-state index in [2.05, 4.69) is 41.5 Å². The zero-order chi connectivity index (χ0) is 14.1. The fourth-order valence-corrected chi connectivity index (χ4v) is 2.75. The SMILES string of the molecule is CC(OP(C)(=O)OC(C)C(C)(C)C)C(C)(C)C. The molecule has 104 valence electrons. The fraction of sp³-hybridized carbons (Fsp3) is 1.00. The first-order chi connectivity index (χ1) is 7.26. The molecule has 0 saturated heterocycles. The molecule has 0 aromatic heterocycles. The molecule has 4 heteroatoms. The number of hydrogen-bond donors (Lipinski definition) is 0. The molecule has 17 heavy (non-hydrogen) atoms. The van der Waals surface area contributed by atoms with Crippen molar-refractivity contribution >= 4 is 7.60 Å². The molecular formula is C13H29O3P. The van der Waals surface area contributed by atoms with Crippen molar-refractivity contribution in [1.82, 2.24) is 0 Å². The van der Waals surface area contributed by atoms with Crippen molar-refractivity contribution in [3.63, 3.8) is 0 Å². The van der Waals surface area contributed by atoms with Gasteiger partial charge >= 0.3 is 7.60 Å². The molecule has 0 fully saturated rings. The summed E-state index contributed by atoms with van der Waals surface area (Å²) in [7, 11) is -3.00. The average molecular weight is 264 g/mol. The smallest absolute Gasteiger partial charge is 0.305 e. The lowest BCUT2D eigenvalue weighted by Gasteiger charge is -2.33. The van der Waals surface area contributed by atoms with Gasteiger partial charge in [-0.3, -0.25) is 4.57 Å². The minimum atomic E-state index is -3.00. The zero-order valence-corrected chi connectivity index (χ0v) is 13.7. The quantitative estimate of drug-likeness (QED) is 0.690. The highest BCUT2D eigenvalue weighted by Gasteiger charge is 2.32. The van der Waals surface area contributed by atoms with E-state index in [4.69, 9.17) is 9.05 Å². The van der Waals surface area contributed by atoms with Gasteiger partial charge in [-0.1, -0.05) is 41.5 Å². The van der Waals surface area contributed by atoms with Gasteiger partial charge in [0.15, 0.2) is 0 Å². The van der Waals surface area contributed by atoms with Gasteiger partial charge in [-0.2, -0.15) is 0 Å². The standard InChI is InChI=1S/C13H29O3P/c1-10(12(3,4)5)15-17(9,14)16-11(2)13(6,7)8/h10-11H,1-9H3. The van der Waals surface area contributed by atoms with E-state index in [9.17, 15) is 4.57 Å². The first-order valence-corrected chi connectivity index (χ1v) is 8.19. The van der Waals surface area contributed by atoms with Crippen molar-refractivity contribution in [2.75, 3.05) is 6.66 Å². The molecule has 0 aromatic carbocycles. The van der Waals surface area contributed by atoms with Crippen molar-refractivity contribution in [3.05, 3.63) is 0 Å². The summed E-state index contributed by atoms with van der Waals surface area (Å²) in [5, 5.41) is 0. The van der Waals surface area contributed by atoms with E-state index in [-0.39, 0.29) is 23.0 Å². The molecule has 0 radical (unpaired) electrons. The van der Waals surface area contributed by atoms with Gasteiger partial charge in [-0.05, 0) is 24.7 Å². The summed E-state index contributed by atoms with van der Waals surface area (Å²) in [6.07, 6.45) is -0.212. The van der Waals surface area contributed by atoms with Crippen molar-refractivity contribution < 1.29 is 13.6 Å². The molecule has 0 aliphatic rings. The molecule has 0 N–H and O–H groups in total. The van der Waals surface area contributed by atoms with Crippen LogP contribution in [-0.4, -0.2) is 18.9 Å². The highest BCUT2D eigenvalue weighted by atomic mass is 31.2. The van der Waals surface area contributed by atoms with Crippen molar-refractivity contribution in [2.45, 2.75) is 67.6 Å².